The van der Waals surface area contributed by atoms with Gasteiger partial charge in [-0.15, -0.1) is 11.3 Å². The molecule has 1 heterocycles. The molecular weight excluding hydrogens is 262 g/mol. The topological polar surface area (TPSA) is 59.4 Å². The average molecular weight is 277 g/mol. The number of carboxylic acids is 1. The molecule has 0 saturated heterocycles. The summed E-state index contributed by atoms with van der Waals surface area (Å²) in [5.41, 5.74) is 3.68. The summed E-state index contributed by atoms with van der Waals surface area (Å²) in [6.45, 7) is 2.59. The number of carboxylic acid groups (broad SMARTS) is 1. The van der Waals surface area contributed by atoms with Gasteiger partial charge in [-0.3, -0.25) is 4.79 Å². The van der Waals surface area contributed by atoms with Gasteiger partial charge in [0.25, 0.3) is 0 Å². The van der Waals surface area contributed by atoms with Crippen LogP contribution in [0.2, 0.25) is 0 Å². The van der Waals surface area contributed by atoms with Crippen LogP contribution in [0.5, 0.6) is 5.75 Å². The minimum Gasteiger partial charge on any atom is -0.493 e. The van der Waals surface area contributed by atoms with Gasteiger partial charge in [0.2, 0.25) is 0 Å². The Bertz CT molecular complexity index is 548. The normalized spacial score (nSPS) is 10.4. The maximum Gasteiger partial charge on any atom is 0.307 e. The van der Waals surface area contributed by atoms with Crippen LogP contribution in [0.25, 0.3) is 0 Å². The number of aliphatic carboxylic acids is 1. The standard InChI is InChI=1S/C14H15NO3S/c1-10-13(19-9-15-10)6-7-18-12-4-2-11(3-5-12)8-14(16)17/h2-5,9H,6-8H2,1H3,(H,16,17). The smallest absolute Gasteiger partial charge is 0.307 e. The van der Waals surface area contributed by atoms with E-state index in [1.807, 2.05) is 12.4 Å². The molecule has 0 unspecified atom stereocenters. The summed E-state index contributed by atoms with van der Waals surface area (Å²) in [6, 6.07) is 7.17. The van der Waals surface area contributed by atoms with E-state index in [4.69, 9.17) is 9.84 Å². The van der Waals surface area contributed by atoms with E-state index in [1.54, 1.807) is 35.6 Å². The lowest BCUT2D eigenvalue weighted by atomic mass is 10.1. The molecule has 4 nitrogen and oxygen atoms in total. The van der Waals surface area contributed by atoms with Crippen molar-refractivity contribution in [2.24, 2.45) is 0 Å². The van der Waals surface area contributed by atoms with Crippen LogP contribution in [0.1, 0.15) is 16.1 Å². The fourth-order valence-corrected chi connectivity index (χ4v) is 2.47. The molecular formula is C14H15NO3S. The zero-order chi connectivity index (χ0) is 13.7. The highest BCUT2D eigenvalue weighted by Gasteiger charge is 2.03. The zero-order valence-electron chi connectivity index (χ0n) is 10.6. The minimum atomic E-state index is -0.825. The summed E-state index contributed by atoms with van der Waals surface area (Å²) < 4.78 is 5.63. The fourth-order valence-electron chi connectivity index (χ4n) is 1.71. The van der Waals surface area contributed by atoms with Gasteiger partial charge in [0, 0.05) is 11.3 Å². The van der Waals surface area contributed by atoms with Gasteiger partial charge in [0.05, 0.1) is 24.2 Å². The van der Waals surface area contributed by atoms with Gasteiger partial charge in [0.1, 0.15) is 5.75 Å². The molecule has 0 saturated carbocycles. The molecule has 0 aliphatic heterocycles. The predicted molar refractivity (Wildman–Crippen MR) is 73.8 cm³/mol. The molecule has 1 aromatic heterocycles. The minimum absolute atomic E-state index is 0.0420. The van der Waals surface area contributed by atoms with E-state index in [-0.39, 0.29) is 6.42 Å². The Labute approximate surface area is 115 Å². The van der Waals surface area contributed by atoms with Crippen LogP contribution >= 0.6 is 11.3 Å². The average Bonchev–Trinajstić information content (AvgIpc) is 2.77. The van der Waals surface area contributed by atoms with Gasteiger partial charge >= 0.3 is 5.97 Å². The lowest BCUT2D eigenvalue weighted by Crippen LogP contribution is -2.02. The number of thiazole rings is 1. The Kier molecular flexibility index (Phi) is 4.52. The molecule has 0 bridgehead atoms. The van der Waals surface area contributed by atoms with Crippen molar-refractivity contribution in [3.05, 3.63) is 45.9 Å². The first-order valence-corrected chi connectivity index (χ1v) is 6.85. The maximum atomic E-state index is 10.6. The van der Waals surface area contributed by atoms with Gasteiger partial charge in [-0.1, -0.05) is 12.1 Å². The Morgan fingerprint density at radius 1 is 1.37 bits per heavy atom. The summed E-state index contributed by atoms with van der Waals surface area (Å²) in [7, 11) is 0. The lowest BCUT2D eigenvalue weighted by Gasteiger charge is -2.06. The maximum absolute atomic E-state index is 10.6. The van der Waals surface area contributed by atoms with E-state index in [2.05, 4.69) is 4.98 Å². The number of aryl methyl sites for hydroxylation is 1. The molecule has 0 spiro atoms. The SMILES string of the molecule is Cc1ncsc1CCOc1ccc(CC(=O)O)cc1. The number of aromatic nitrogens is 1. The molecule has 0 amide bonds. The first-order valence-electron chi connectivity index (χ1n) is 5.97. The third-order valence-electron chi connectivity index (χ3n) is 2.72. The number of rotatable bonds is 6. The Hall–Kier alpha value is -1.88. The van der Waals surface area contributed by atoms with Gasteiger partial charge in [-0.25, -0.2) is 4.98 Å². The van der Waals surface area contributed by atoms with Crippen LogP contribution < -0.4 is 4.74 Å². The summed E-state index contributed by atoms with van der Waals surface area (Å²) in [4.78, 5) is 16.0. The molecule has 5 heteroatoms. The highest BCUT2D eigenvalue weighted by molar-refractivity contribution is 7.09. The van der Waals surface area contributed by atoms with Gasteiger partial charge in [-0.2, -0.15) is 0 Å². The zero-order valence-corrected chi connectivity index (χ0v) is 11.4. The quantitative estimate of drug-likeness (QED) is 0.882. The van der Waals surface area contributed by atoms with Crippen molar-refractivity contribution in [3.63, 3.8) is 0 Å². The van der Waals surface area contributed by atoms with Crippen LogP contribution in [-0.4, -0.2) is 22.7 Å². The van der Waals surface area contributed by atoms with Gasteiger partial charge in [0.15, 0.2) is 0 Å². The Balaban J connectivity index is 1.83. The Morgan fingerprint density at radius 2 is 2.11 bits per heavy atom. The molecule has 0 atom stereocenters. The van der Waals surface area contributed by atoms with Crippen LogP contribution in [0.3, 0.4) is 0 Å². The molecule has 2 aromatic rings. The molecule has 0 radical (unpaired) electrons. The van der Waals surface area contributed by atoms with E-state index in [0.29, 0.717) is 6.61 Å². The number of nitrogens with zero attached hydrogens (tertiary/aromatic N) is 1. The number of ether oxygens (including phenoxy) is 1. The van der Waals surface area contributed by atoms with Crippen LogP contribution in [0.15, 0.2) is 29.8 Å². The molecule has 1 N–H and O–H groups in total. The molecule has 2 rings (SSSR count). The van der Waals surface area contributed by atoms with E-state index in [9.17, 15) is 4.79 Å². The van der Waals surface area contributed by atoms with Crippen LogP contribution in [0, 0.1) is 6.92 Å². The lowest BCUT2D eigenvalue weighted by molar-refractivity contribution is -0.136. The highest BCUT2D eigenvalue weighted by atomic mass is 32.1. The second kappa shape index (κ2) is 6.33. The molecule has 0 fully saturated rings. The first kappa shape index (κ1) is 13.5. The van der Waals surface area contributed by atoms with Gasteiger partial charge in [-0.05, 0) is 24.6 Å². The molecule has 0 aliphatic rings. The van der Waals surface area contributed by atoms with Crippen molar-refractivity contribution in [1.82, 2.24) is 4.98 Å². The van der Waals surface area contributed by atoms with Crippen LogP contribution in [0.4, 0.5) is 0 Å². The number of hydrogen-bond acceptors (Lipinski definition) is 4. The second-order valence-corrected chi connectivity index (χ2v) is 5.11. The van der Waals surface area contributed by atoms with Crippen molar-refractivity contribution >= 4 is 17.3 Å². The van der Waals surface area contributed by atoms with E-state index < -0.39 is 5.97 Å². The monoisotopic (exact) mass is 277 g/mol. The number of benzene rings is 1. The van der Waals surface area contributed by atoms with E-state index in [1.165, 1.54) is 4.88 Å². The largest absolute Gasteiger partial charge is 0.493 e. The van der Waals surface area contributed by atoms with Gasteiger partial charge < -0.3 is 9.84 Å². The number of hydrogen-bond donors (Lipinski definition) is 1. The molecule has 0 aliphatic carbocycles. The van der Waals surface area contributed by atoms with Crippen molar-refractivity contribution in [2.75, 3.05) is 6.61 Å². The predicted octanol–water partition coefficient (Wildman–Crippen LogP) is 2.70. The fraction of sp³-hybridized carbons (Fsp3) is 0.286. The number of carbonyl (C=O) groups is 1. The second-order valence-electron chi connectivity index (χ2n) is 4.17. The highest BCUT2D eigenvalue weighted by Crippen LogP contribution is 2.15. The summed E-state index contributed by atoms with van der Waals surface area (Å²) >= 11 is 1.64. The third-order valence-corrected chi connectivity index (χ3v) is 3.72. The van der Waals surface area contributed by atoms with E-state index >= 15 is 0 Å². The van der Waals surface area contributed by atoms with Crippen molar-refractivity contribution in [1.29, 1.82) is 0 Å². The molecule has 19 heavy (non-hydrogen) atoms. The Morgan fingerprint density at radius 3 is 2.68 bits per heavy atom. The van der Waals surface area contributed by atoms with Crippen LogP contribution in [-0.2, 0) is 17.6 Å². The van der Waals surface area contributed by atoms with Crippen molar-refractivity contribution in [3.8, 4) is 5.75 Å². The summed E-state index contributed by atoms with van der Waals surface area (Å²) in [6.07, 6.45) is 0.883. The third kappa shape index (κ3) is 4.06. The summed E-state index contributed by atoms with van der Waals surface area (Å²) in [5.74, 6) is -0.0642. The van der Waals surface area contributed by atoms with E-state index in [0.717, 1.165) is 23.4 Å². The van der Waals surface area contributed by atoms with Crippen molar-refractivity contribution in [2.45, 2.75) is 19.8 Å². The first-order chi connectivity index (χ1) is 9.15. The molecule has 1 aromatic carbocycles. The van der Waals surface area contributed by atoms with Crippen molar-refractivity contribution < 1.29 is 14.6 Å². The summed E-state index contributed by atoms with van der Waals surface area (Å²) in [5, 5.41) is 8.67. The molecule has 100 valence electrons.